The fraction of sp³-hybridized carbons (Fsp3) is 0.429. The number of fused-ring (bicyclic) bond motifs is 1. The van der Waals surface area contributed by atoms with Gasteiger partial charge < -0.3 is 9.72 Å². The zero-order valence-corrected chi connectivity index (χ0v) is 10.9. The van der Waals surface area contributed by atoms with Crippen molar-refractivity contribution in [1.82, 2.24) is 14.7 Å². The summed E-state index contributed by atoms with van der Waals surface area (Å²) in [5.41, 5.74) is 2.50. The van der Waals surface area contributed by atoms with Crippen molar-refractivity contribution >= 4 is 11.6 Å². The maximum atomic E-state index is 11.9. The highest BCUT2D eigenvalue weighted by Gasteiger charge is 2.06. The average molecular weight is 245 g/mol. The summed E-state index contributed by atoms with van der Waals surface area (Å²) in [5.74, 6) is -0.0145. The first-order chi connectivity index (χ1) is 8.70. The van der Waals surface area contributed by atoms with Crippen molar-refractivity contribution in [2.75, 3.05) is 6.54 Å². The molecule has 1 amide bonds. The number of carbonyl (C=O) groups is 1. The third-order valence-corrected chi connectivity index (χ3v) is 2.90. The molecule has 0 spiro atoms. The summed E-state index contributed by atoms with van der Waals surface area (Å²) in [6, 6.07) is 3.69. The Morgan fingerprint density at radius 2 is 2.17 bits per heavy atom. The Morgan fingerprint density at radius 1 is 1.33 bits per heavy atom. The molecule has 2 aromatic heterocycles. The summed E-state index contributed by atoms with van der Waals surface area (Å²) in [4.78, 5) is 16.2. The largest absolute Gasteiger partial charge is 0.352 e. The monoisotopic (exact) mass is 245 g/mol. The van der Waals surface area contributed by atoms with Crippen molar-refractivity contribution in [3.63, 3.8) is 0 Å². The molecule has 4 nitrogen and oxygen atoms in total. The van der Waals surface area contributed by atoms with E-state index in [2.05, 4.69) is 17.2 Å². The Kier molecular flexibility index (Phi) is 3.97. The fourth-order valence-corrected chi connectivity index (χ4v) is 1.93. The highest BCUT2D eigenvalue weighted by atomic mass is 16.1. The van der Waals surface area contributed by atoms with Crippen LogP contribution in [0.5, 0.6) is 0 Å². The number of amides is 1. The number of unbranched alkanes of at least 4 members (excludes halogenated alkanes) is 2. The molecule has 0 radical (unpaired) electrons. The van der Waals surface area contributed by atoms with Crippen LogP contribution in [0.25, 0.3) is 5.65 Å². The molecular weight excluding hydrogens is 226 g/mol. The second-order valence-corrected chi connectivity index (χ2v) is 4.53. The molecule has 0 bridgehead atoms. The number of aryl methyl sites for hydroxylation is 1. The molecule has 0 saturated carbocycles. The van der Waals surface area contributed by atoms with Crippen LogP contribution in [0.3, 0.4) is 0 Å². The molecule has 0 aliphatic heterocycles. The van der Waals surface area contributed by atoms with Crippen LogP contribution in [0.1, 0.15) is 42.2 Å². The van der Waals surface area contributed by atoms with Crippen LogP contribution >= 0.6 is 0 Å². The first kappa shape index (κ1) is 12.6. The number of rotatable bonds is 5. The highest BCUT2D eigenvalue weighted by molar-refractivity contribution is 5.94. The van der Waals surface area contributed by atoms with E-state index in [0.29, 0.717) is 5.56 Å². The van der Waals surface area contributed by atoms with Crippen LogP contribution in [0.2, 0.25) is 0 Å². The van der Waals surface area contributed by atoms with Gasteiger partial charge >= 0.3 is 0 Å². The Labute approximate surface area is 107 Å². The topological polar surface area (TPSA) is 46.4 Å². The van der Waals surface area contributed by atoms with Crippen molar-refractivity contribution in [2.45, 2.75) is 33.1 Å². The summed E-state index contributed by atoms with van der Waals surface area (Å²) in [6.07, 6.45) is 7.10. The fourth-order valence-electron chi connectivity index (χ4n) is 1.93. The number of aromatic nitrogens is 2. The zero-order chi connectivity index (χ0) is 13.0. The van der Waals surface area contributed by atoms with E-state index in [-0.39, 0.29) is 5.91 Å². The average Bonchev–Trinajstić information content (AvgIpc) is 2.73. The van der Waals surface area contributed by atoms with E-state index < -0.39 is 0 Å². The molecule has 2 aromatic rings. The Balaban J connectivity index is 2.03. The molecule has 18 heavy (non-hydrogen) atoms. The number of hydrogen-bond donors (Lipinski definition) is 1. The highest BCUT2D eigenvalue weighted by Crippen LogP contribution is 2.07. The predicted octanol–water partition coefficient (Wildman–Crippen LogP) is 2.56. The van der Waals surface area contributed by atoms with Crippen LogP contribution in [0.15, 0.2) is 24.5 Å². The van der Waals surface area contributed by atoms with Gasteiger partial charge in [0.2, 0.25) is 0 Å². The number of imidazole rings is 1. The van der Waals surface area contributed by atoms with Crippen LogP contribution in [0, 0.1) is 6.92 Å². The minimum absolute atomic E-state index is 0.0145. The maximum Gasteiger partial charge on any atom is 0.252 e. The lowest BCUT2D eigenvalue weighted by atomic mass is 10.2. The van der Waals surface area contributed by atoms with Gasteiger partial charge in [-0.2, -0.15) is 0 Å². The third-order valence-electron chi connectivity index (χ3n) is 2.90. The number of nitrogens with one attached hydrogen (secondary N) is 1. The molecule has 0 unspecified atom stereocenters. The smallest absolute Gasteiger partial charge is 0.252 e. The van der Waals surface area contributed by atoms with Crippen molar-refractivity contribution in [2.24, 2.45) is 0 Å². The Morgan fingerprint density at radius 3 is 2.94 bits per heavy atom. The van der Waals surface area contributed by atoms with Gasteiger partial charge in [0.05, 0.1) is 11.3 Å². The number of nitrogens with zero attached hydrogens (tertiary/aromatic N) is 2. The molecule has 0 aliphatic carbocycles. The minimum atomic E-state index is -0.0145. The van der Waals surface area contributed by atoms with Crippen LogP contribution in [-0.4, -0.2) is 21.8 Å². The molecule has 0 atom stereocenters. The molecule has 2 rings (SSSR count). The minimum Gasteiger partial charge on any atom is -0.352 e. The molecule has 4 heteroatoms. The quantitative estimate of drug-likeness (QED) is 0.823. The lowest BCUT2D eigenvalue weighted by molar-refractivity contribution is 0.0952. The van der Waals surface area contributed by atoms with Crippen molar-refractivity contribution in [1.29, 1.82) is 0 Å². The number of hydrogen-bond acceptors (Lipinski definition) is 2. The normalized spacial score (nSPS) is 10.8. The SMILES string of the molecule is CCCCCNC(=O)c1ccc2nc(C)cn2c1. The lowest BCUT2D eigenvalue weighted by Gasteiger charge is -2.05. The molecule has 96 valence electrons. The first-order valence-electron chi connectivity index (χ1n) is 6.44. The summed E-state index contributed by atoms with van der Waals surface area (Å²) < 4.78 is 1.89. The Bertz CT molecular complexity index is 545. The molecule has 0 saturated heterocycles. The lowest BCUT2D eigenvalue weighted by Crippen LogP contribution is -2.24. The van der Waals surface area contributed by atoms with E-state index in [4.69, 9.17) is 0 Å². The van der Waals surface area contributed by atoms with Crippen molar-refractivity contribution < 1.29 is 4.79 Å². The van der Waals surface area contributed by atoms with E-state index in [0.717, 1.165) is 37.1 Å². The van der Waals surface area contributed by atoms with Gasteiger partial charge in [0, 0.05) is 18.9 Å². The third kappa shape index (κ3) is 2.88. The molecule has 1 N–H and O–H groups in total. The number of carbonyl (C=O) groups excluding carboxylic acids is 1. The second-order valence-electron chi connectivity index (χ2n) is 4.53. The summed E-state index contributed by atoms with van der Waals surface area (Å²) in [6.45, 7) is 4.84. The van der Waals surface area contributed by atoms with Crippen molar-refractivity contribution in [3.05, 3.63) is 35.8 Å². The van der Waals surface area contributed by atoms with Crippen LogP contribution in [0.4, 0.5) is 0 Å². The summed E-state index contributed by atoms with van der Waals surface area (Å²) in [5, 5.41) is 2.93. The molecule has 2 heterocycles. The van der Waals surface area contributed by atoms with Crippen molar-refractivity contribution in [3.8, 4) is 0 Å². The predicted molar refractivity (Wildman–Crippen MR) is 71.8 cm³/mol. The number of pyridine rings is 1. The molecule has 0 aromatic carbocycles. The molecule has 0 aliphatic rings. The summed E-state index contributed by atoms with van der Waals surface area (Å²) >= 11 is 0. The zero-order valence-electron chi connectivity index (χ0n) is 10.9. The van der Waals surface area contributed by atoms with Crippen LogP contribution in [-0.2, 0) is 0 Å². The van der Waals surface area contributed by atoms with Gasteiger partial charge in [-0.05, 0) is 25.5 Å². The second kappa shape index (κ2) is 5.67. The van der Waals surface area contributed by atoms with Crippen LogP contribution < -0.4 is 5.32 Å². The maximum absolute atomic E-state index is 11.9. The van der Waals surface area contributed by atoms with E-state index >= 15 is 0 Å². The van der Waals surface area contributed by atoms with E-state index in [1.807, 2.05) is 35.9 Å². The first-order valence-corrected chi connectivity index (χ1v) is 6.44. The van der Waals surface area contributed by atoms with Gasteiger partial charge in [-0.1, -0.05) is 19.8 Å². The van der Waals surface area contributed by atoms with Gasteiger partial charge in [-0.15, -0.1) is 0 Å². The molecular formula is C14H19N3O. The van der Waals surface area contributed by atoms with Gasteiger partial charge in [0.1, 0.15) is 5.65 Å². The van der Waals surface area contributed by atoms with Gasteiger partial charge in [-0.25, -0.2) is 4.98 Å². The van der Waals surface area contributed by atoms with Gasteiger partial charge in [0.25, 0.3) is 5.91 Å². The molecule has 0 fully saturated rings. The van der Waals surface area contributed by atoms with Gasteiger partial charge in [0.15, 0.2) is 0 Å². The summed E-state index contributed by atoms with van der Waals surface area (Å²) in [7, 11) is 0. The van der Waals surface area contributed by atoms with Gasteiger partial charge in [-0.3, -0.25) is 4.79 Å². The van der Waals surface area contributed by atoms with E-state index in [1.54, 1.807) is 0 Å². The van der Waals surface area contributed by atoms with E-state index in [9.17, 15) is 4.79 Å². The standard InChI is InChI=1S/C14H19N3O/c1-3-4-5-8-15-14(18)12-6-7-13-16-11(2)9-17(13)10-12/h6-7,9-10H,3-5,8H2,1-2H3,(H,15,18). The Hall–Kier alpha value is -1.84. The van der Waals surface area contributed by atoms with E-state index in [1.165, 1.54) is 0 Å².